The van der Waals surface area contributed by atoms with E-state index in [0.29, 0.717) is 24.3 Å². The molecule has 0 aliphatic heterocycles. The Morgan fingerprint density at radius 2 is 2.00 bits per heavy atom. The third-order valence-corrected chi connectivity index (χ3v) is 4.81. The van der Waals surface area contributed by atoms with Gasteiger partial charge in [-0.2, -0.15) is 0 Å². The normalized spacial score (nSPS) is 11.0. The number of aryl methyl sites for hydroxylation is 1. The van der Waals surface area contributed by atoms with E-state index in [1.54, 1.807) is 38.2 Å². The van der Waals surface area contributed by atoms with Crippen molar-refractivity contribution < 1.29 is 13.2 Å². The van der Waals surface area contributed by atoms with E-state index >= 15 is 0 Å². The first-order chi connectivity index (χ1) is 11.9. The second kappa shape index (κ2) is 8.48. The molecule has 0 aliphatic carbocycles. The fraction of sp³-hybridized carbons (Fsp3) is 0.294. The Morgan fingerprint density at radius 1 is 1.20 bits per heavy atom. The molecule has 0 atom stereocenters. The number of anilines is 2. The molecule has 0 unspecified atom stereocenters. The summed E-state index contributed by atoms with van der Waals surface area (Å²) in [5, 5.41) is 5.48. The Bertz CT molecular complexity index is 823. The average molecular weight is 362 g/mol. The molecule has 7 nitrogen and oxygen atoms in total. The van der Waals surface area contributed by atoms with E-state index in [0.717, 1.165) is 11.3 Å². The van der Waals surface area contributed by atoms with Crippen LogP contribution in [0.15, 0.2) is 42.6 Å². The van der Waals surface area contributed by atoms with Crippen molar-refractivity contribution in [2.75, 3.05) is 22.3 Å². The number of nitrogens with zero attached hydrogens (tertiary/aromatic N) is 1. The van der Waals surface area contributed by atoms with Crippen LogP contribution in [0.2, 0.25) is 0 Å². The van der Waals surface area contributed by atoms with Gasteiger partial charge in [-0.3, -0.25) is 9.71 Å². The molecule has 0 bridgehead atoms. The van der Waals surface area contributed by atoms with Crippen molar-refractivity contribution in [1.82, 2.24) is 10.3 Å². The van der Waals surface area contributed by atoms with Gasteiger partial charge >= 0.3 is 6.03 Å². The summed E-state index contributed by atoms with van der Waals surface area (Å²) in [5.74, 6) is 0.00508. The summed E-state index contributed by atoms with van der Waals surface area (Å²) in [7, 11) is -3.32. The van der Waals surface area contributed by atoms with Crippen LogP contribution >= 0.6 is 0 Å². The maximum Gasteiger partial charge on any atom is 0.319 e. The Morgan fingerprint density at radius 3 is 2.64 bits per heavy atom. The van der Waals surface area contributed by atoms with Gasteiger partial charge in [-0.1, -0.05) is 6.07 Å². The molecule has 2 rings (SSSR count). The third-order valence-electron chi connectivity index (χ3n) is 3.52. The van der Waals surface area contributed by atoms with Gasteiger partial charge in [0.2, 0.25) is 10.0 Å². The minimum Gasteiger partial charge on any atom is -0.337 e. The van der Waals surface area contributed by atoms with Crippen molar-refractivity contribution in [1.29, 1.82) is 0 Å². The summed E-state index contributed by atoms with van der Waals surface area (Å²) in [6.45, 7) is 3.82. The molecule has 1 aromatic heterocycles. The molecule has 0 aliphatic rings. The highest BCUT2D eigenvalue weighted by atomic mass is 32.2. The average Bonchev–Trinajstić information content (AvgIpc) is 2.58. The van der Waals surface area contributed by atoms with Gasteiger partial charge in [-0.25, -0.2) is 13.2 Å². The van der Waals surface area contributed by atoms with Crippen LogP contribution in [0.25, 0.3) is 0 Å². The lowest BCUT2D eigenvalue weighted by Crippen LogP contribution is -2.30. The van der Waals surface area contributed by atoms with Gasteiger partial charge in [-0.15, -0.1) is 0 Å². The van der Waals surface area contributed by atoms with Crippen molar-refractivity contribution in [2.45, 2.75) is 20.3 Å². The number of benzene rings is 1. The van der Waals surface area contributed by atoms with Crippen LogP contribution in [-0.4, -0.2) is 31.7 Å². The molecule has 1 heterocycles. The van der Waals surface area contributed by atoms with E-state index in [1.807, 2.05) is 18.2 Å². The molecule has 0 saturated carbocycles. The second-order valence-electron chi connectivity index (χ2n) is 5.49. The van der Waals surface area contributed by atoms with Crippen molar-refractivity contribution in [3.8, 4) is 0 Å². The number of rotatable bonds is 7. The maximum absolute atomic E-state index is 11.9. The number of hydrogen-bond donors (Lipinski definition) is 3. The highest BCUT2D eigenvalue weighted by molar-refractivity contribution is 7.92. The second-order valence-corrected chi connectivity index (χ2v) is 7.50. The van der Waals surface area contributed by atoms with Gasteiger partial charge < -0.3 is 10.6 Å². The molecular weight excluding hydrogens is 340 g/mol. The summed E-state index contributed by atoms with van der Waals surface area (Å²) in [6, 6.07) is 10.3. The van der Waals surface area contributed by atoms with Crippen LogP contribution < -0.4 is 15.4 Å². The predicted molar refractivity (Wildman–Crippen MR) is 99.2 cm³/mol. The molecule has 0 saturated heterocycles. The number of carbonyl (C=O) groups is 1. The fourth-order valence-electron chi connectivity index (χ4n) is 2.12. The molecule has 1 aromatic carbocycles. The summed E-state index contributed by atoms with van der Waals surface area (Å²) in [4.78, 5) is 16.1. The van der Waals surface area contributed by atoms with E-state index in [1.165, 1.54) is 0 Å². The highest BCUT2D eigenvalue weighted by Crippen LogP contribution is 2.20. The van der Waals surface area contributed by atoms with Crippen molar-refractivity contribution in [3.05, 3.63) is 53.9 Å². The summed E-state index contributed by atoms with van der Waals surface area (Å²) in [5.41, 5.74) is 2.73. The van der Waals surface area contributed by atoms with Crippen LogP contribution in [0.1, 0.15) is 18.2 Å². The van der Waals surface area contributed by atoms with Crippen molar-refractivity contribution in [3.63, 3.8) is 0 Å². The van der Waals surface area contributed by atoms with E-state index < -0.39 is 10.0 Å². The van der Waals surface area contributed by atoms with Crippen molar-refractivity contribution in [2.24, 2.45) is 0 Å². The number of sulfonamides is 1. The molecule has 0 spiro atoms. The first-order valence-corrected chi connectivity index (χ1v) is 9.61. The highest BCUT2D eigenvalue weighted by Gasteiger charge is 2.10. The molecule has 3 N–H and O–H groups in total. The third kappa shape index (κ3) is 6.07. The van der Waals surface area contributed by atoms with Gasteiger partial charge in [0, 0.05) is 30.5 Å². The minimum atomic E-state index is -3.32. The first-order valence-electron chi connectivity index (χ1n) is 7.95. The van der Waals surface area contributed by atoms with Crippen LogP contribution in [0.5, 0.6) is 0 Å². The number of amides is 2. The topological polar surface area (TPSA) is 100 Å². The van der Waals surface area contributed by atoms with Crippen LogP contribution in [0.4, 0.5) is 16.2 Å². The van der Waals surface area contributed by atoms with Gasteiger partial charge in [-0.05, 0) is 49.7 Å². The van der Waals surface area contributed by atoms with Crippen LogP contribution in [-0.2, 0) is 16.4 Å². The first kappa shape index (κ1) is 18.7. The monoisotopic (exact) mass is 362 g/mol. The van der Waals surface area contributed by atoms with E-state index in [-0.39, 0.29) is 11.8 Å². The maximum atomic E-state index is 11.9. The lowest BCUT2D eigenvalue weighted by Gasteiger charge is -2.12. The molecule has 0 fully saturated rings. The standard InChI is InChI=1S/C17H22N4O3S/c1-3-25(23,24)21-16-8-7-15(12-13(16)2)20-17(22)19-11-9-14-6-4-5-10-18-14/h4-8,10,12,21H,3,9,11H2,1-2H3,(H2,19,20,22). The lowest BCUT2D eigenvalue weighted by atomic mass is 10.2. The lowest BCUT2D eigenvalue weighted by molar-refractivity contribution is 0.252. The quantitative estimate of drug-likeness (QED) is 0.704. The van der Waals surface area contributed by atoms with Crippen LogP contribution in [0.3, 0.4) is 0 Å². The minimum absolute atomic E-state index is 0.00508. The Balaban J connectivity index is 1.87. The van der Waals surface area contributed by atoms with Crippen LogP contribution in [0, 0.1) is 6.92 Å². The molecule has 2 aromatic rings. The molecule has 8 heteroatoms. The molecule has 134 valence electrons. The predicted octanol–water partition coefficient (Wildman–Crippen LogP) is 2.52. The summed E-state index contributed by atoms with van der Waals surface area (Å²) in [6.07, 6.45) is 2.36. The largest absolute Gasteiger partial charge is 0.337 e. The number of aromatic nitrogens is 1. The zero-order valence-corrected chi connectivity index (χ0v) is 15.1. The van der Waals surface area contributed by atoms with E-state index in [2.05, 4.69) is 20.3 Å². The number of carbonyl (C=O) groups excluding carboxylic acids is 1. The number of pyridine rings is 1. The summed E-state index contributed by atoms with van der Waals surface area (Å²) < 4.78 is 25.8. The van der Waals surface area contributed by atoms with E-state index in [9.17, 15) is 13.2 Å². The van der Waals surface area contributed by atoms with Gasteiger partial charge in [0.05, 0.1) is 11.4 Å². The number of nitrogens with one attached hydrogen (secondary N) is 3. The number of urea groups is 1. The smallest absolute Gasteiger partial charge is 0.319 e. The molecule has 25 heavy (non-hydrogen) atoms. The fourth-order valence-corrected chi connectivity index (χ4v) is 2.83. The van der Waals surface area contributed by atoms with Gasteiger partial charge in [0.15, 0.2) is 0 Å². The Hall–Kier alpha value is -2.61. The molecule has 2 amide bonds. The van der Waals surface area contributed by atoms with E-state index in [4.69, 9.17) is 0 Å². The molecular formula is C17H22N4O3S. The zero-order chi connectivity index (χ0) is 18.3. The van der Waals surface area contributed by atoms with Gasteiger partial charge in [0.1, 0.15) is 0 Å². The Kier molecular flexibility index (Phi) is 6.35. The zero-order valence-electron chi connectivity index (χ0n) is 14.2. The Labute approximate surface area is 147 Å². The van der Waals surface area contributed by atoms with Gasteiger partial charge in [0.25, 0.3) is 0 Å². The summed E-state index contributed by atoms with van der Waals surface area (Å²) >= 11 is 0. The number of hydrogen-bond acceptors (Lipinski definition) is 4. The van der Waals surface area contributed by atoms with Crippen molar-refractivity contribution >= 4 is 27.4 Å². The SMILES string of the molecule is CCS(=O)(=O)Nc1ccc(NC(=O)NCCc2ccccn2)cc1C. The molecule has 0 radical (unpaired) electrons.